The number of aryl methyl sites for hydroxylation is 2. The molecule has 3 N–H and O–H groups in total. The number of amides is 2. The number of rotatable bonds is 7. The molecule has 0 atom stereocenters. The Morgan fingerprint density at radius 1 is 0.842 bits per heavy atom. The second-order valence-electron chi connectivity index (χ2n) is 8.28. The SMILES string of the molecule is Cc1nc(C(=O)Nc2ccc(C(=O)Nc3ccc(C)c(Nc4nccc(-c5cccnc5)n4)c3)cc2)ns1. The van der Waals surface area contributed by atoms with Crippen LogP contribution in [0.3, 0.4) is 0 Å². The van der Waals surface area contributed by atoms with Gasteiger partial charge in [0.2, 0.25) is 11.8 Å². The van der Waals surface area contributed by atoms with Gasteiger partial charge in [0.05, 0.1) is 5.69 Å². The number of benzene rings is 2. The molecule has 11 heteroatoms. The summed E-state index contributed by atoms with van der Waals surface area (Å²) in [6.45, 7) is 3.73. The van der Waals surface area contributed by atoms with Gasteiger partial charge in [-0.3, -0.25) is 14.6 Å². The summed E-state index contributed by atoms with van der Waals surface area (Å²) < 4.78 is 4.00. The van der Waals surface area contributed by atoms with E-state index in [4.69, 9.17) is 0 Å². The van der Waals surface area contributed by atoms with Gasteiger partial charge in [0.1, 0.15) is 5.01 Å². The molecule has 10 nitrogen and oxygen atoms in total. The van der Waals surface area contributed by atoms with E-state index in [1.54, 1.807) is 49.8 Å². The molecule has 0 aliphatic rings. The van der Waals surface area contributed by atoms with Crippen molar-refractivity contribution in [3.05, 3.63) is 101 Å². The van der Waals surface area contributed by atoms with Gasteiger partial charge in [-0.25, -0.2) is 15.0 Å². The Morgan fingerprint density at radius 3 is 2.37 bits per heavy atom. The zero-order valence-corrected chi connectivity index (χ0v) is 21.3. The molecule has 5 aromatic rings. The van der Waals surface area contributed by atoms with Gasteiger partial charge < -0.3 is 16.0 Å². The van der Waals surface area contributed by atoms with Gasteiger partial charge in [-0.05, 0) is 85.5 Å². The van der Waals surface area contributed by atoms with Gasteiger partial charge >= 0.3 is 0 Å². The number of carbonyl (C=O) groups excluding carboxylic acids is 2. The van der Waals surface area contributed by atoms with E-state index in [-0.39, 0.29) is 11.7 Å². The fourth-order valence-electron chi connectivity index (χ4n) is 3.54. The summed E-state index contributed by atoms with van der Waals surface area (Å²) in [5.41, 5.74) is 4.93. The molecule has 5 rings (SSSR count). The van der Waals surface area contributed by atoms with Gasteiger partial charge in [0, 0.05) is 46.8 Å². The van der Waals surface area contributed by atoms with E-state index in [9.17, 15) is 9.59 Å². The molecule has 0 radical (unpaired) electrons. The molecule has 0 unspecified atom stereocenters. The van der Waals surface area contributed by atoms with Crippen LogP contribution in [0.15, 0.2) is 79.3 Å². The zero-order chi connectivity index (χ0) is 26.5. The highest BCUT2D eigenvalue weighted by atomic mass is 32.1. The van der Waals surface area contributed by atoms with Crippen LogP contribution in [0.25, 0.3) is 11.3 Å². The maximum atomic E-state index is 12.9. The largest absolute Gasteiger partial charge is 0.324 e. The molecule has 3 aromatic heterocycles. The normalized spacial score (nSPS) is 10.6. The van der Waals surface area contributed by atoms with Crippen LogP contribution in [0.5, 0.6) is 0 Å². The summed E-state index contributed by atoms with van der Waals surface area (Å²) in [6, 6.07) is 17.7. The summed E-state index contributed by atoms with van der Waals surface area (Å²) in [6.07, 6.45) is 5.13. The number of nitrogens with zero attached hydrogens (tertiary/aromatic N) is 5. The molecule has 0 bridgehead atoms. The zero-order valence-electron chi connectivity index (χ0n) is 20.5. The number of nitrogens with one attached hydrogen (secondary N) is 3. The smallest absolute Gasteiger partial charge is 0.294 e. The van der Waals surface area contributed by atoms with Crippen LogP contribution in [0.2, 0.25) is 0 Å². The number of carbonyl (C=O) groups is 2. The van der Waals surface area contributed by atoms with Gasteiger partial charge in [-0.2, -0.15) is 4.37 Å². The van der Waals surface area contributed by atoms with Crippen LogP contribution in [-0.2, 0) is 0 Å². The third kappa shape index (κ3) is 5.85. The van der Waals surface area contributed by atoms with E-state index in [1.807, 2.05) is 43.3 Å². The topological polar surface area (TPSA) is 135 Å². The standard InChI is InChI=1S/C27H22N8O2S/c1-16-5-8-21(14-23(16)34-27-29-13-11-22(33-27)19-4-3-12-28-15-19)32-25(36)18-6-9-20(10-7-18)31-26(37)24-30-17(2)38-35-24/h3-15H,1-2H3,(H,31,37)(H,32,36)(H,29,33,34). The second-order valence-corrected chi connectivity index (χ2v) is 9.24. The lowest BCUT2D eigenvalue weighted by atomic mass is 10.1. The fourth-order valence-corrected chi connectivity index (χ4v) is 4.01. The number of pyridine rings is 1. The number of aromatic nitrogens is 5. The first-order valence-electron chi connectivity index (χ1n) is 11.6. The van der Waals surface area contributed by atoms with Crippen molar-refractivity contribution in [1.82, 2.24) is 24.3 Å². The molecule has 38 heavy (non-hydrogen) atoms. The average Bonchev–Trinajstić information content (AvgIpc) is 3.38. The Morgan fingerprint density at radius 2 is 1.63 bits per heavy atom. The maximum Gasteiger partial charge on any atom is 0.294 e. The van der Waals surface area contributed by atoms with Crippen LogP contribution >= 0.6 is 11.5 Å². The third-order valence-electron chi connectivity index (χ3n) is 5.49. The predicted octanol–water partition coefficient (Wildman–Crippen LogP) is 5.26. The summed E-state index contributed by atoms with van der Waals surface area (Å²) in [5, 5.41) is 9.57. The van der Waals surface area contributed by atoms with Gasteiger partial charge in [-0.1, -0.05) is 6.07 Å². The number of hydrogen-bond donors (Lipinski definition) is 3. The number of anilines is 4. The molecule has 0 saturated heterocycles. The minimum Gasteiger partial charge on any atom is -0.324 e. The van der Waals surface area contributed by atoms with Crippen molar-refractivity contribution >= 4 is 46.4 Å². The quantitative estimate of drug-likeness (QED) is 0.264. The van der Waals surface area contributed by atoms with Crippen LogP contribution in [-0.4, -0.2) is 36.1 Å². The van der Waals surface area contributed by atoms with Gasteiger partial charge in [-0.15, -0.1) is 0 Å². The predicted molar refractivity (Wildman–Crippen MR) is 147 cm³/mol. The van der Waals surface area contributed by atoms with Crippen molar-refractivity contribution < 1.29 is 9.59 Å². The Kier molecular flexibility index (Phi) is 7.09. The Hall–Kier alpha value is -5.03. The van der Waals surface area contributed by atoms with Crippen molar-refractivity contribution in [2.24, 2.45) is 0 Å². The monoisotopic (exact) mass is 522 g/mol. The van der Waals surface area contributed by atoms with Crippen molar-refractivity contribution in [3.8, 4) is 11.3 Å². The second kappa shape index (κ2) is 10.9. The maximum absolute atomic E-state index is 12.9. The first kappa shape index (κ1) is 24.7. The fraction of sp³-hybridized carbons (Fsp3) is 0.0741. The summed E-state index contributed by atoms with van der Waals surface area (Å²) >= 11 is 1.16. The van der Waals surface area contributed by atoms with Crippen LogP contribution in [0.1, 0.15) is 31.5 Å². The van der Waals surface area contributed by atoms with Crippen LogP contribution < -0.4 is 16.0 Å². The molecule has 0 aliphatic heterocycles. The molecule has 0 spiro atoms. The lowest BCUT2D eigenvalue weighted by Crippen LogP contribution is -2.15. The minimum atomic E-state index is -0.402. The molecule has 3 heterocycles. The summed E-state index contributed by atoms with van der Waals surface area (Å²) in [5.74, 6) is -0.142. The van der Waals surface area contributed by atoms with E-state index in [0.29, 0.717) is 27.9 Å². The summed E-state index contributed by atoms with van der Waals surface area (Å²) in [4.78, 5) is 42.2. The third-order valence-corrected chi connectivity index (χ3v) is 6.11. The first-order valence-corrected chi connectivity index (χ1v) is 12.4. The molecule has 0 saturated carbocycles. The van der Waals surface area contributed by atoms with E-state index >= 15 is 0 Å². The molecule has 2 amide bonds. The molecule has 188 valence electrons. The highest BCUT2D eigenvalue weighted by Crippen LogP contribution is 2.25. The Labute approximate surface area is 222 Å². The molecule has 0 aliphatic carbocycles. The average molecular weight is 523 g/mol. The molecule has 0 fully saturated rings. The summed E-state index contributed by atoms with van der Waals surface area (Å²) in [7, 11) is 0. The molecular weight excluding hydrogens is 500 g/mol. The van der Waals surface area contributed by atoms with E-state index in [1.165, 1.54) is 0 Å². The van der Waals surface area contributed by atoms with Crippen LogP contribution in [0, 0.1) is 13.8 Å². The highest BCUT2D eigenvalue weighted by molar-refractivity contribution is 7.05. The van der Waals surface area contributed by atoms with E-state index < -0.39 is 5.91 Å². The van der Waals surface area contributed by atoms with Crippen molar-refractivity contribution in [1.29, 1.82) is 0 Å². The van der Waals surface area contributed by atoms with E-state index in [2.05, 4.69) is 40.3 Å². The van der Waals surface area contributed by atoms with Crippen molar-refractivity contribution in [2.45, 2.75) is 13.8 Å². The highest BCUT2D eigenvalue weighted by Gasteiger charge is 2.13. The number of hydrogen-bond acceptors (Lipinski definition) is 9. The molecule has 2 aromatic carbocycles. The Bertz CT molecular complexity index is 1600. The van der Waals surface area contributed by atoms with Crippen molar-refractivity contribution in [3.63, 3.8) is 0 Å². The Balaban J connectivity index is 1.25. The lowest BCUT2D eigenvalue weighted by molar-refractivity contribution is 0.101. The van der Waals surface area contributed by atoms with Crippen LogP contribution in [0.4, 0.5) is 23.0 Å². The van der Waals surface area contributed by atoms with E-state index in [0.717, 1.165) is 34.0 Å². The molecular formula is C27H22N8O2S. The van der Waals surface area contributed by atoms with Gasteiger partial charge in [0.25, 0.3) is 11.8 Å². The van der Waals surface area contributed by atoms with Crippen molar-refractivity contribution in [2.75, 3.05) is 16.0 Å². The minimum absolute atomic E-state index is 0.118. The lowest BCUT2D eigenvalue weighted by Gasteiger charge is -2.12. The van der Waals surface area contributed by atoms with Gasteiger partial charge in [0.15, 0.2) is 0 Å². The first-order chi connectivity index (χ1) is 18.4.